The van der Waals surface area contributed by atoms with E-state index in [1.807, 2.05) is 26.0 Å². The monoisotopic (exact) mass is 250 g/mol. The molecule has 0 saturated heterocycles. The van der Waals surface area contributed by atoms with Crippen LogP contribution in [0.4, 0.5) is 0 Å². The van der Waals surface area contributed by atoms with Crippen molar-refractivity contribution in [2.75, 3.05) is 6.61 Å². The summed E-state index contributed by atoms with van der Waals surface area (Å²) in [5.74, 6) is 1.04. The lowest BCUT2D eigenvalue weighted by Crippen LogP contribution is -1.99. The maximum absolute atomic E-state index is 11.4. The van der Waals surface area contributed by atoms with E-state index in [2.05, 4.69) is 0 Å². The number of aryl methyl sites for hydroxylation is 1. The fraction of sp³-hybridized carbons (Fsp3) is 0.533. The van der Waals surface area contributed by atoms with Crippen LogP contribution >= 0.6 is 0 Å². The molecule has 0 spiro atoms. The molecule has 100 valence electrons. The quantitative estimate of drug-likeness (QED) is 0.768. The van der Waals surface area contributed by atoms with Crippen LogP contribution in [-0.4, -0.2) is 17.5 Å². The molecule has 1 rings (SSSR count). The van der Waals surface area contributed by atoms with Crippen molar-refractivity contribution in [3.8, 4) is 11.5 Å². The Balaban J connectivity index is 2.52. The van der Waals surface area contributed by atoms with Crippen molar-refractivity contribution in [1.29, 1.82) is 0 Å². The highest BCUT2D eigenvalue weighted by atomic mass is 16.5. The number of carbonyl (C=O) groups excluding carboxylic acids is 1. The third kappa shape index (κ3) is 4.40. The zero-order chi connectivity index (χ0) is 13.4. The fourth-order valence-electron chi connectivity index (χ4n) is 1.92. The van der Waals surface area contributed by atoms with Crippen molar-refractivity contribution in [3.05, 3.63) is 23.8 Å². The lowest BCUT2D eigenvalue weighted by molar-refractivity contribution is -0.119. The van der Waals surface area contributed by atoms with Gasteiger partial charge in [0.1, 0.15) is 5.78 Å². The zero-order valence-corrected chi connectivity index (χ0v) is 11.2. The number of carbonyl (C=O) groups is 1. The second-order valence-electron chi connectivity index (χ2n) is 4.34. The van der Waals surface area contributed by atoms with Gasteiger partial charge in [-0.2, -0.15) is 0 Å². The van der Waals surface area contributed by atoms with Gasteiger partial charge in [0.2, 0.25) is 0 Å². The highest BCUT2D eigenvalue weighted by Crippen LogP contribution is 2.30. The van der Waals surface area contributed by atoms with Gasteiger partial charge in [-0.1, -0.05) is 19.1 Å². The molecule has 0 bridgehead atoms. The molecule has 0 saturated carbocycles. The second-order valence-corrected chi connectivity index (χ2v) is 4.34. The van der Waals surface area contributed by atoms with Crippen LogP contribution in [-0.2, 0) is 11.2 Å². The number of ether oxygens (including phenoxy) is 1. The Morgan fingerprint density at radius 2 is 2.06 bits per heavy atom. The number of para-hydroxylation sites is 1. The Bertz CT molecular complexity index is 385. The van der Waals surface area contributed by atoms with Gasteiger partial charge in [0.15, 0.2) is 11.5 Å². The summed E-state index contributed by atoms with van der Waals surface area (Å²) in [4.78, 5) is 11.4. The number of hydrogen-bond acceptors (Lipinski definition) is 3. The fourth-order valence-corrected chi connectivity index (χ4v) is 1.92. The largest absolute Gasteiger partial charge is 0.504 e. The van der Waals surface area contributed by atoms with Gasteiger partial charge in [0, 0.05) is 12.8 Å². The van der Waals surface area contributed by atoms with Crippen molar-refractivity contribution < 1.29 is 14.6 Å². The SMILES string of the molecule is CCCC(=O)CCCc1cccc(OCC)c1O. The van der Waals surface area contributed by atoms with Crippen molar-refractivity contribution in [1.82, 2.24) is 0 Å². The van der Waals surface area contributed by atoms with E-state index < -0.39 is 0 Å². The van der Waals surface area contributed by atoms with Crippen LogP contribution in [0.3, 0.4) is 0 Å². The molecule has 0 atom stereocenters. The molecule has 1 N–H and O–H groups in total. The number of ketones is 1. The summed E-state index contributed by atoms with van der Waals surface area (Å²) in [6.07, 6.45) is 3.64. The molecule has 0 radical (unpaired) electrons. The number of rotatable bonds is 8. The predicted octanol–water partition coefficient (Wildman–Crippen LogP) is 3.48. The second kappa shape index (κ2) is 7.75. The first-order valence-corrected chi connectivity index (χ1v) is 6.64. The Morgan fingerprint density at radius 1 is 1.28 bits per heavy atom. The molecular weight excluding hydrogens is 228 g/mol. The number of benzene rings is 1. The van der Waals surface area contributed by atoms with Gasteiger partial charge in [-0.05, 0) is 37.8 Å². The smallest absolute Gasteiger partial charge is 0.161 e. The summed E-state index contributed by atoms with van der Waals surface area (Å²) in [5.41, 5.74) is 0.852. The van der Waals surface area contributed by atoms with E-state index in [0.29, 0.717) is 37.4 Å². The Morgan fingerprint density at radius 3 is 2.72 bits per heavy atom. The summed E-state index contributed by atoms with van der Waals surface area (Å²) >= 11 is 0. The molecule has 0 fully saturated rings. The molecule has 3 heteroatoms. The zero-order valence-electron chi connectivity index (χ0n) is 11.2. The van der Waals surface area contributed by atoms with E-state index in [4.69, 9.17) is 4.74 Å². The lowest BCUT2D eigenvalue weighted by atomic mass is 10.0. The molecule has 0 amide bonds. The number of hydrogen-bond donors (Lipinski definition) is 1. The first-order valence-electron chi connectivity index (χ1n) is 6.64. The molecule has 1 aromatic carbocycles. The van der Waals surface area contributed by atoms with Gasteiger partial charge in [-0.3, -0.25) is 4.79 Å². The Labute approximate surface area is 109 Å². The lowest BCUT2D eigenvalue weighted by Gasteiger charge is -2.09. The van der Waals surface area contributed by atoms with E-state index in [1.165, 1.54) is 0 Å². The van der Waals surface area contributed by atoms with Gasteiger partial charge in [0.05, 0.1) is 6.61 Å². The molecule has 0 aromatic heterocycles. The predicted molar refractivity (Wildman–Crippen MR) is 72.1 cm³/mol. The van der Waals surface area contributed by atoms with Crippen molar-refractivity contribution in [2.24, 2.45) is 0 Å². The molecule has 1 aromatic rings. The molecule has 18 heavy (non-hydrogen) atoms. The molecule has 0 aliphatic carbocycles. The Hall–Kier alpha value is -1.51. The third-order valence-corrected chi connectivity index (χ3v) is 2.81. The average molecular weight is 250 g/mol. The molecule has 0 aliphatic heterocycles. The maximum atomic E-state index is 11.4. The minimum atomic E-state index is 0.210. The molecule has 0 heterocycles. The summed E-state index contributed by atoms with van der Waals surface area (Å²) in [7, 11) is 0. The van der Waals surface area contributed by atoms with Gasteiger partial charge >= 0.3 is 0 Å². The van der Waals surface area contributed by atoms with Crippen LogP contribution in [0, 0.1) is 0 Å². The van der Waals surface area contributed by atoms with Crippen molar-refractivity contribution in [3.63, 3.8) is 0 Å². The van der Waals surface area contributed by atoms with Gasteiger partial charge in [0.25, 0.3) is 0 Å². The van der Waals surface area contributed by atoms with Crippen LogP contribution < -0.4 is 4.74 Å². The van der Waals surface area contributed by atoms with Crippen LogP contribution in [0.1, 0.15) is 45.1 Å². The van der Waals surface area contributed by atoms with E-state index in [0.717, 1.165) is 18.4 Å². The molecule has 0 aliphatic rings. The average Bonchev–Trinajstić information content (AvgIpc) is 2.34. The van der Waals surface area contributed by atoms with Crippen LogP contribution in [0.5, 0.6) is 11.5 Å². The summed E-state index contributed by atoms with van der Waals surface area (Å²) in [5, 5.41) is 9.98. The first kappa shape index (κ1) is 14.6. The third-order valence-electron chi connectivity index (χ3n) is 2.81. The van der Waals surface area contributed by atoms with Crippen LogP contribution in [0.15, 0.2) is 18.2 Å². The van der Waals surface area contributed by atoms with Gasteiger partial charge in [-0.25, -0.2) is 0 Å². The van der Waals surface area contributed by atoms with E-state index in [9.17, 15) is 9.90 Å². The number of Topliss-reactive ketones (excluding diaryl/α,β-unsaturated/α-hetero) is 1. The molecule has 0 unspecified atom stereocenters. The number of phenolic OH excluding ortho intramolecular Hbond substituents is 1. The number of aromatic hydroxyl groups is 1. The van der Waals surface area contributed by atoms with Crippen molar-refractivity contribution in [2.45, 2.75) is 46.0 Å². The van der Waals surface area contributed by atoms with Crippen LogP contribution in [0.25, 0.3) is 0 Å². The molecular formula is C15H22O3. The highest BCUT2D eigenvalue weighted by Gasteiger charge is 2.08. The summed E-state index contributed by atoms with van der Waals surface area (Å²) < 4.78 is 5.33. The van der Waals surface area contributed by atoms with Gasteiger partial charge in [-0.15, -0.1) is 0 Å². The Kier molecular flexibility index (Phi) is 6.26. The highest BCUT2D eigenvalue weighted by molar-refractivity contribution is 5.78. The van der Waals surface area contributed by atoms with Crippen LogP contribution in [0.2, 0.25) is 0 Å². The maximum Gasteiger partial charge on any atom is 0.161 e. The standard InChI is InChI=1S/C15H22O3/c1-3-7-13(16)10-5-8-12-9-6-11-14(15(12)17)18-4-2/h6,9,11,17H,3-5,7-8,10H2,1-2H3. The minimum absolute atomic E-state index is 0.210. The molecule has 3 nitrogen and oxygen atoms in total. The van der Waals surface area contributed by atoms with E-state index in [-0.39, 0.29) is 5.75 Å². The number of phenols is 1. The van der Waals surface area contributed by atoms with E-state index >= 15 is 0 Å². The van der Waals surface area contributed by atoms with Gasteiger partial charge < -0.3 is 9.84 Å². The minimum Gasteiger partial charge on any atom is -0.504 e. The normalized spacial score (nSPS) is 10.3. The van der Waals surface area contributed by atoms with Crippen molar-refractivity contribution >= 4 is 5.78 Å². The summed E-state index contributed by atoms with van der Waals surface area (Å²) in [6, 6.07) is 5.50. The first-order chi connectivity index (χ1) is 8.69. The van der Waals surface area contributed by atoms with E-state index in [1.54, 1.807) is 6.07 Å². The topological polar surface area (TPSA) is 46.5 Å². The summed E-state index contributed by atoms with van der Waals surface area (Å²) in [6.45, 7) is 4.43.